The molecule has 0 saturated heterocycles. The van der Waals surface area contributed by atoms with Gasteiger partial charge in [0.2, 0.25) is 5.91 Å². The van der Waals surface area contributed by atoms with Gasteiger partial charge in [0.1, 0.15) is 5.75 Å². The van der Waals surface area contributed by atoms with Gasteiger partial charge in [-0.1, -0.05) is 59.8 Å². The van der Waals surface area contributed by atoms with Crippen LogP contribution in [0.25, 0.3) is 6.08 Å². The first-order chi connectivity index (χ1) is 9.43. The first-order valence-corrected chi connectivity index (χ1v) is 7.25. The van der Waals surface area contributed by atoms with Crippen molar-refractivity contribution in [3.8, 4) is 5.75 Å². The van der Waals surface area contributed by atoms with Crippen LogP contribution >= 0.6 is 0 Å². The van der Waals surface area contributed by atoms with Crippen molar-refractivity contribution >= 4 is 12.0 Å². The Balaban J connectivity index is 3.42. The van der Waals surface area contributed by atoms with Crippen molar-refractivity contribution in [1.82, 2.24) is 0 Å². The highest BCUT2D eigenvalue weighted by atomic mass is 16.3. The van der Waals surface area contributed by atoms with Gasteiger partial charge in [0.25, 0.3) is 0 Å². The molecule has 1 aromatic carbocycles. The Morgan fingerprint density at radius 1 is 1.14 bits per heavy atom. The summed E-state index contributed by atoms with van der Waals surface area (Å²) in [6, 6.07) is 4.04. The maximum Gasteiger partial charge on any atom is 0.221 e. The molecule has 0 heterocycles. The van der Waals surface area contributed by atoms with Crippen molar-refractivity contribution < 1.29 is 9.90 Å². The number of amides is 1. The summed E-state index contributed by atoms with van der Waals surface area (Å²) in [5.74, 6) is -0.106. The van der Waals surface area contributed by atoms with Crippen LogP contribution in [-0.2, 0) is 15.6 Å². The zero-order chi connectivity index (χ0) is 16.4. The number of benzene rings is 1. The van der Waals surface area contributed by atoms with E-state index < -0.39 is 0 Å². The Morgan fingerprint density at radius 3 is 2.14 bits per heavy atom. The second-order valence-corrected chi connectivity index (χ2v) is 7.53. The van der Waals surface area contributed by atoms with Crippen LogP contribution in [0.5, 0.6) is 5.75 Å². The third-order valence-corrected chi connectivity index (χ3v) is 3.43. The van der Waals surface area contributed by atoms with E-state index in [4.69, 9.17) is 5.73 Å². The van der Waals surface area contributed by atoms with Crippen molar-refractivity contribution in [2.45, 2.75) is 58.8 Å². The van der Waals surface area contributed by atoms with Crippen molar-refractivity contribution in [2.24, 2.45) is 5.73 Å². The normalized spacial score (nSPS) is 12.9. The fraction of sp³-hybridized carbons (Fsp3) is 0.500. The molecule has 0 aliphatic carbocycles. The minimum absolute atomic E-state index is 0.0139. The van der Waals surface area contributed by atoms with E-state index in [0.717, 1.165) is 16.7 Å². The fourth-order valence-electron chi connectivity index (χ4n) is 2.09. The molecule has 0 atom stereocenters. The first kappa shape index (κ1) is 17.3. The fourth-order valence-corrected chi connectivity index (χ4v) is 2.09. The van der Waals surface area contributed by atoms with Crippen LogP contribution in [0.1, 0.15) is 64.7 Å². The van der Waals surface area contributed by atoms with E-state index in [1.54, 1.807) is 12.2 Å². The van der Waals surface area contributed by atoms with Crippen molar-refractivity contribution in [2.75, 3.05) is 0 Å². The summed E-state index contributed by atoms with van der Waals surface area (Å²) < 4.78 is 0. The number of rotatable bonds is 3. The lowest BCUT2D eigenvalue weighted by Crippen LogP contribution is -2.17. The number of carbonyl (C=O) groups is 1. The number of hydrogen-bond donors (Lipinski definition) is 2. The van der Waals surface area contributed by atoms with Crippen LogP contribution in [0.2, 0.25) is 0 Å². The molecule has 116 valence electrons. The molecule has 0 spiro atoms. The second kappa shape index (κ2) is 5.92. The molecule has 3 heteroatoms. The number of phenolic OH excluding ortho intramolecular Hbond substituents is 1. The maximum atomic E-state index is 10.8. The zero-order valence-corrected chi connectivity index (χ0v) is 13.9. The Bertz CT molecular complexity index is 558. The molecule has 0 bridgehead atoms. The van der Waals surface area contributed by atoms with E-state index in [-0.39, 0.29) is 28.9 Å². The lowest BCUT2D eigenvalue weighted by molar-refractivity contribution is -0.117. The van der Waals surface area contributed by atoms with Gasteiger partial charge in [-0.25, -0.2) is 0 Å². The Kier molecular flexibility index (Phi) is 4.87. The molecule has 3 nitrogen and oxygen atoms in total. The van der Waals surface area contributed by atoms with Crippen molar-refractivity contribution in [1.29, 1.82) is 0 Å². The van der Waals surface area contributed by atoms with Gasteiger partial charge < -0.3 is 10.8 Å². The summed E-state index contributed by atoms with van der Waals surface area (Å²) in [4.78, 5) is 10.8. The third kappa shape index (κ3) is 4.62. The van der Waals surface area contributed by atoms with Gasteiger partial charge in [0.15, 0.2) is 0 Å². The van der Waals surface area contributed by atoms with E-state index in [2.05, 4.69) is 47.6 Å². The molecule has 0 saturated carbocycles. The summed E-state index contributed by atoms with van der Waals surface area (Å²) in [6.45, 7) is 12.6. The predicted molar refractivity (Wildman–Crippen MR) is 88.4 cm³/mol. The number of carbonyl (C=O) groups excluding carboxylic acids is 1. The predicted octanol–water partition coefficient (Wildman–Crippen LogP) is 3.88. The van der Waals surface area contributed by atoms with E-state index in [1.165, 1.54) is 0 Å². The van der Waals surface area contributed by atoms with Crippen molar-refractivity contribution in [3.63, 3.8) is 0 Å². The molecule has 21 heavy (non-hydrogen) atoms. The summed E-state index contributed by atoms with van der Waals surface area (Å²) in [5.41, 5.74) is 7.77. The summed E-state index contributed by atoms with van der Waals surface area (Å²) in [6.07, 6.45) is 3.63. The van der Waals surface area contributed by atoms with E-state index >= 15 is 0 Å². The molecular formula is C18H27NO2. The van der Waals surface area contributed by atoms with Crippen LogP contribution in [-0.4, -0.2) is 11.0 Å². The monoisotopic (exact) mass is 289 g/mol. The van der Waals surface area contributed by atoms with Gasteiger partial charge in [-0.05, 0) is 22.5 Å². The maximum absolute atomic E-state index is 10.8. The zero-order valence-electron chi connectivity index (χ0n) is 13.9. The quantitative estimate of drug-likeness (QED) is 0.887. The van der Waals surface area contributed by atoms with Crippen molar-refractivity contribution in [3.05, 3.63) is 34.9 Å². The van der Waals surface area contributed by atoms with Gasteiger partial charge in [-0.15, -0.1) is 0 Å². The molecule has 1 aromatic rings. The molecule has 0 unspecified atom stereocenters. The van der Waals surface area contributed by atoms with Gasteiger partial charge >= 0.3 is 0 Å². The van der Waals surface area contributed by atoms with Gasteiger partial charge in [0.05, 0.1) is 0 Å². The molecule has 1 rings (SSSR count). The van der Waals surface area contributed by atoms with E-state index in [0.29, 0.717) is 0 Å². The molecule has 3 N–H and O–H groups in total. The molecule has 1 amide bonds. The molecule has 0 fully saturated rings. The lowest BCUT2D eigenvalue weighted by atomic mass is 9.79. The van der Waals surface area contributed by atoms with Gasteiger partial charge in [-0.2, -0.15) is 0 Å². The average molecular weight is 289 g/mol. The molecule has 0 aromatic heterocycles. The Labute approximate surface area is 127 Å². The minimum atomic E-state index is -0.381. The molecule has 0 aliphatic rings. The number of nitrogens with two attached hydrogens (primary N) is 1. The van der Waals surface area contributed by atoms with Gasteiger partial charge in [-0.3, -0.25) is 4.79 Å². The highest BCUT2D eigenvalue weighted by Crippen LogP contribution is 2.38. The number of primary amides is 1. The second-order valence-electron chi connectivity index (χ2n) is 7.53. The highest BCUT2D eigenvalue weighted by molar-refractivity contribution is 5.77. The van der Waals surface area contributed by atoms with Crippen LogP contribution < -0.4 is 5.73 Å². The number of hydrogen-bond acceptors (Lipinski definition) is 2. The summed E-state index contributed by atoms with van der Waals surface area (Å²) in [5, 5.41) is 10.5. The average Bonchev–Trinajstić information content (AvgIpc) is 2.27. The highest BCUT2D eigenvalue weighted by Gasteiger charge is 2.24. The summed E-state index contributed by atoms with van der Waals surface area (Å²) >= 11 is 0. The smallest absolute Gasteiger partial charge is 0.221 e. The lowest BCUT2D eigenvalue weighted by Gasteiger charge is -2.27. The SMILES string of the molecule is CC(C)(C)c1cc(C=CCC(N)=O)c(O)c(C(C)(C)C)c1. The van der Waals surface area contributed by atoms with E-state index in [1.807, 2.05) is 6.07 Å². The number of phenols is 1. The van der Waals surface area contributed by atoms with Gasteiger partial charge in [0, 0.05) is 17.5 Å². The third-order valence-electron chi connectivity index (χ3n) is 3.43. The molecule has 0 aliphatic heterocycles. The standard InChI is InChI=1S/C18H27NO2/c1-17(2,3)13-10-12(8-7-9-15(19)20)16(21)14(11-13)18(4,5)6/h7-8,10-11,21H,9H2,1-6H3,(H2,19,20). The largest absolute Gasteiger partial charge is 0.507 e. The van der Waals surface area contributed by atoms with E-state index in [9.17, 15) is 9.90 Å². The number of aromatic hydroxyl groups is 1. The van der Waals surface area contributed by atoms with Crippen LogP contribution in [0, 0.1) is 0 Å². The van der Waals surface area contributed by atoms with Crippen LogP contribution in [0.3, 0.4) is 0 Å². The van der Waals surface area contributed by atoms with Crippen LogP contribution in [0.15, 0.2) is 18.2 Å². The van der Waals surface area contributed by atoms with Crippen LogP contribution in [0.4, 0.5) is 0 Å². The minimum Gasteiger partial charge on any atom is -0.507 e. The molecular weight excluding hydrogens is 262 g/mol. The Morgan fingerprint density at radius 2 is 1.71 bits per heavy atom. The topological polar surface area (TPSA) is 63.3 Å². The summed E-state index contributed by atoms with van der Waals surface area (Å²) in [7, 11) is 0. The first-order valence-electron chi connectivity index (χ1n) is 7.25. The Hall–Kier alpha value is -1.77. The molecule has 0 radical (unpaired) electrons.